The van der Waals surface area contributed by atoms with Gasteiger partial charge in [-0.15, -0.1) is 0 Å². The molecule has 2 aromatic carbocycles. The van der Waals surface area contributed by atoms with Crippen LogP contribution < -0.4 is 14.2 Å². The second kappa shape index (κ2) is 8.22. The van der Waals surface area contributed by atoms with E-state index in [4.69, 9.17) is 14.2 Å². The van der Waals surface area contributed by atoms with Crippen LogP contribution in [0.2, 0.25) is 0 Å². The van der Waals surface area contributed by atoms with Gasteiger partial charge in [-0.1, -0.05) is 24.3 Å². The van der Waals surface area contributed by atoms with Crippen molar-refractivity contribution >= 4 is 5.97 Å². The van der Waals surface area contributed by atoms with Crippen molar-refractivity contribution in [1.29, 1.82) is 0 Å². The Kier molecular flexibility index (Phi) is 6.03. The van der Waals surface area contributed by atoms with Gasteiger partial charge >= 0.3 is 5.97 Å². The van der Waals surface area contributed by atoms with Gasteiger partial charge in [-0.05, 0) is 49.6 Å². The largest absolute Gasteiger partial charge is 0.493 e. The lowest BCUT2D eigenvalue weighted by Gasteiger charge is -2.11. The van der Waals surface area contributed by atoms with E-state index >= 15 is 0 Å². The Morgan fingerprint density at radius 2 is 1.83 bits per heavy atom. The quantitative estimate of drug-likeness (QED) is 0.573. The van der Waals surface area contributed by atoms with Gasteiger partial charge in [0.1, 0.15) is 5.75 Å². The van der Waals surface area contributed by atoms with E-state index in [0.717, 1.165) is 11.1 Å². The van der Waals surface area contributed by atoms with Crippen LogP contribution >= 0.6 is 0 Å². The Hall–Kier alpha value is -2.49. The van der Waals surface area contributed by atoms with Gasteiger partial charge < -0.3 is 14.2 Å². The highest BCUT2D eigenvalue weighted by atomic mass is 16.5. The number of ether oxygens (including phenoxy) is 3. The van der Waals surface area contributed by atoms with Crippen molar-refractivity contribution in [2.75, 3.05) is 13.7 Å². The zero-order chi connectivity index (χ0) is 16.7. The van der Waals surface area contributed by atoms with E-state index in [1.165, 1.54) is 0 Å². The minimum atomic E-state index is -0.243. The fourth-order valence-electron chi connectivity index (χ4n) is 2.23. The van der Waals surface area contributed by atoms with E-state index in [1.807, 2.05) is 50.2 Å². The molecule has 4 heteroatoms. The third-order valence-electron chi connectivity index (χ3n) is 3.46. The first-order valence-electron chi connectivity index (χ1n) is 7.70. The average Bonchev–Trinajstić information content (AvgIpc) is 2.56. The van der Waals surface area contributed by atoms with E-state index in [1.54, 1.807) is 13.2 Å². The number of esters is 1. The van der Waals surface area contributed by atoms with Crippen molar-refractivity contribution in [1.82, 2.24) is 0 Å². The maximum atomic E-state index is 12.0. The van der Waals surface area contributed by atoms with Crippen LogP contribution in [0.1, 0.15) is 24.5 Å². The minimum absolute atomic E-state index is 0.243. The smallest absolute Gasteiger partial charge is 0.311 e. The Labute approximate surface area is 137 Å². The molecule has 0 bridgehead atoms. The van der Waals surface area contributed by atoms with Gasteiger partial charge in [-0.2, -0.15) is 0 Å². The normalized spacial score (nSPS) is 10.2. The summed E-state index contributed by atoms with van der Waals surface area (Å²) in [5.41, 5.74) is 1.95. The van der Waals surface area contributed by atoms with Crippen LogP contribution in [-0.4, -0.2) is 19.7 Å². The summed E-state index contributed by atoms with van der Waals surface area (Å²) in [5, 5.41) is 0. The lowest BCUT2D eigenvalue weighted by molar-refractivity contribution is -0.134. The van der Waals surface area contributed by atoms with Crippen molar-refractivity contribution in [2.45, 2.75) is 26.7 Å². The molecule has 0 amide bonds. The summed E-state index contributed by atoms with van der Waals surface area (Å²) < 4.78 is 16.2. The molecule has 0 aliphatic heterocycles. The van der Waals surface area contributed by atoms with Gasteiger partial charge in [0.05, 0.1) is 13.7 Å². The van der Waals surface area contributed by atoms with Crippen molar-refractivity contribution in [3.8, 4) is 17.2 Å². The van der Waals surface area contributed by atoms with Gasteiger partial charge in [-0.3, -0.25) is 4.79 Å². The predicted molar refractivity (Wildman–Crippen MR) is 89.3 cm³/mol. The number of carbonyl (C=O) groups excluding carboxylic acids is 1. The lowest BCUT2D eigenvalue weighted by atomic mass is 10.1. The molecule has 0 aliphatic rings. The summed E-state index contributed by atoms with van der Waals surface area (Å²) in [7, 11) is 1.61. The fourth-order valence-corrected chi connectivity index (χ4v) is 2.23. The maximum Gasteiger partial charge on any atom is 0.311 e. The van der Waals surface area contributed by atoms with E-state index in [2.05, 4.69) is 0 Å². The molecule has 0 unspecified atom stereocenters. The lowest BCUT2D eigenvalue weighted by Crippen LogP contribution is -2.09. The first-order valence-corrected chi connectivity index (χ1v) is 7.70. The maximum absolute atomic E-state index is 12.0. The number of rotatable bonds is 7. The summed E-state index contributed by atoms with van der Waals surface area (Å²) in [6, 6.07) is 13.2. The van der Waals surface area contributed by atoms with Crippen LogP contribution in [0.3, 0.4) is 0 Å². The molecule has 0 atom stereocenters. The highest BCUT2D eigenvalue weighted by Gasteiger charge is 2.10. The highest BCUT2D eigenvalue weighted by molar-refractivity contribution is 5.73. The Bertz CT molecular complexity index is 664. The Balaban J connectivity index is 1.95. The van der Waals surface area contributed by atoms with Crippen molar-refractivity contribution in [3.05, 3.63) is 53.6 Å². The molecule has 0 aromatic heterocycles. The van der Waals surface area contributed by atoms with Gasteiger partial charge in [0.25, 0.3) is 0 Å². The molecule has 0 heterocycles. The molecule has 122 valence electrons. The fraction of sp³-hybridized carbons (Fsp3) is 0.316. The van der Waals surface area contributed by atoms with Crippen LogP contribution in [0.4, 0.5) is 0 Å². The molecule has 23 heavy (non-hydrogen) atoms. The number of methoxy groups -OCH3 is 1. The molecule has 0 aliphatic carbocycles. The molecule has 0 radical (unpaired) electrons. The minimum Gasteiger partial charge on any atom is -0.493 e. The van der Waals surface area contributed by atoms with Crippen LogP contribution in [-0.2, 0) is 11.2 Å². The van der Waals surface area contributed by atoms with E-state index in [0.29, 0.717) is 36.7 Å². The molecule has 0 saturated heterocycles. The Morgan fingerprint density at radius 3 is 2.52 bits per heavy atom. The average molecular weight is 314 g/mol. The van der Waals surface area contributed by atoms with Gasteiger partial charge in [0.2, 0.25) is 0 Å². The number of hydrogen-bond acceptors (Lipinski definition) is 4. The van der Waals surface area contributed by atoms with Gasteiger partial charge in [0.15, 0.2) is 11.5 Å². The predicted octanol–water partition coefficient (Wildman–Crippen LogP) is 3.94. The summed E-state index contributed by atoms with van der Waals surface area (Å²) in [5.74, 6) is 1.76. The summed E-state index contributed by atoms with van der Waals surface area (Å²) in [6.45, 7) is 4.42. The molecule has 0 spiro atoms. The molecular formula is C19H22O4. The molecule has 0 saturated carbocycles. The van der Waals surface area contributed by atoms with Crippen LogP contribution in [0.5, 0.6) is 17.2 Å². The third kappa shape index (κ3) is 4.74. The zero-order valence-electron chi connectivity index (χ0n) is 13.8. The highest BCUT2D eigenvalue weighted by Crippen LogP contribution is 2.28. The van der Waals surface area contributed by atoms with Crippen LogP contribution in [0.15, 0.2) is 42.5 Å². The first-order chi connectivity index (χ1) is 11.1. The summed E-state index contributed by atoms with van der Waals surface area (Å²) in [4.78, 5) is 12.0. The van der Waals surface area contributed by atoms with E-state index in [-0.39, 0.29) is 5.97 Å². The number of para-hydroxylation sites is 1. The van der Waals surface area contributed by atoms with Crippen LogP contribution in [0.25, 0.3) is 0 Å². The van der Waals surface area contributed by atoms with E-state index in [9.17, 15) is 4.79 Å². The molecule has 0 fully saturated rings. The topological polar surface area (TPSA) is 44.8 Å². The third-order valence-corrected chi connectivity index (χ3v) is 3.46. The standard InChI is InChI=1S/C19H22O4/c1-4-22-17-11-9-15(13-18(17)21-3)10-12-19(20)23-16-8-6-5-7-14(16)2/h5-9,11,13H,4,10,12H2,1-3H3. The molecule has 0 N–H and O–H groups in total. The summed E-state index contributed by atoms with van der Waals surface area (Å²) >= 11 is 0. The second-order valence-corrected chi connectivity index (χ2v) is 5.16. The second-order valence-electron chi connectivity index (χ2n) is 5.16. The molecule has 2 aromatic rings. The van der Waals surface area contributed by atoms with E-state index < -0.39 is 0 Å². The SMILES string of the molecule is CCOc1ccc(CCC(=O)Oc2ccccc2C)cc1OC. The first kappa shape index (κ1) is 16.9. The number of benzene rings is 2. The van der Waals surface area contributed by atoms with Gasteiger partial charge in [-0.25, -0.2) is 0 Å². The monoisotopic (exact) mass is 314 g/mol. The Morgan fingerprint density at radius 1 is 1.04 bits per heavy atom. The number of hydrogen-bond donors (Lipinski definition) is 0. The van der Waals surface area contributed by atoms with Gasteiger partial charge in [0, 0.05) is 6.42 Å². The van der Waals surface area contributed by atoms with Crippen molar-refractivity contribution < 1.29 is 19.0 Å². The molecular weight excluding hydrogens is 292 g/mol. The molecule has 4 nitrogen and oxygen atoms in total. The number of aryl methyl sites for hydroxylation is 2. The molecule has 2 rings (SSSR count). The van der Waals surface area contributed by atoms with Crippen LogP contribution in [0, 0.1) is 6.92 Å². The van der Waals surface area contributed by atoms with Crippen molar-refractivity contribution in [3.63, 3.8) is 0 Å². The van der Waals surface area contributed by atoms with Crippen molar-refractivity contribution in [2.24, 2.45) is 0 Å². The zero-order valence-corrected chi connectivity index (χ0v) is 13.8. The summed E-state index contributed by atoms with van der Waals surface area (Å²) in [6.07, 6.45) is 0.902. The number of carbonyl (C=O) groups is 1.